The third-order valence-electron chi connectivity index (χ3n) is 5.97. The third kappa shape index (κ3) is 1.53. The summed E-state index contributed by atoms with van der Waals surface area (Å²) in [4.78, 5) is 12.3. The monoisotopic (exact) mass is 252 g/mol. The summed E-state index contributed by atoms with van der Waals surface area (Å²) >= 11 is 0. The zero-order chi connectivity index (χ0) is 13.1. The van der Waals surface area contributed by atoms with Crippen molar-refractivity contribution in [1.82, 2.24) is 0 Å². The van der Waals surface area contributed by atoms with Gasteiger partial charge in [-0.1, -0.05) is 20.8 Å². The summed E-state index contributed by atoms with van der Waals surface area (Å²) < 4.78 is 5.69. The lowest BCUT2D eigenvalue weighted by Gasteiger charge is -2.37. The van der Waals surface area contributed by atoms with Gasteiger partial charge in [-0.2, -0.15) is 0 Å². The van der Waals surface area contributed by atoms with Gasteiger partial charge in [-0.05, 0) is 36.5 Å². The molecular formula is C15H24O3. The van der Waals surface area contributed by atoms with E-state index in [9.17, 15) is 9.90 Å². The highest BCUT2D eigenvalue weighted by atomic mass is 16.6. The molecule has 0 unspecified atom stereocenters. The predicted molar refractivity (Wildman–Crippen MR) is 68.1 cm³/mol. The van der Waals surface area contributed by atoms with Crippen LogP contribution in [0.25, 0.3) is 0 Å². The van der Waals surface area contributed by atoms with Crippen molar-refractivity contribution in [3.8, 4) is 0 Å². The highest BCUT2D eigenvalue weighted by Gasteiger charge is 2.64. The van der Waals surface area contributed by atoms with Gasteiger partial charge >= 0.3 is 0 Å². The Kier molecular flexibility index (Phi) is 2.66. The first-order chi connectivity index (χ1) is 8.43. The van der Waals surface area contributed by atoms with E-state index in [0.717, 1.165) is 25.7 Å². The molecule has 3 fully saturated rings. The molecule has 0 bridgehead atoms. The number of ketones is 1. The number of epoxide rings is 1. The first kappa shape index (κ1) is 12.6. The highest BCUT2D eigenvalue weighted by Crippen LogP contribution is 2.60. The molecule has 0 aromatic rings. The van der Waals surface area contributed by atoms with Crippen molar-refractivity contribution >= 4 is 5.78 Å². The largest absolute Gasteiger partial charge is 0.393 e. The lowest BCUT2D eigenvalue weighted by molar-refractivity contribution is -0.122. The predicted octanol–water partition coefficient (Wildman–Crippen LogP) is 2.17. The Morgan fingerprint density at radius 2 is 2.17 bits per heavy atom. The maximum Gasteiger partial charge on any atom is 0.136 e. The van der Waals surface area contributed by atoms with E-state index in [1.54, 1.807) is 0 Å². The summed E-state index contributed by atoms with van der Waals surface area (Å²) in [6.45, 7) is 6.87. The normalized spacial score (nSPS) is 50.9. The van der Waals surface area contributed by atoms with Gasteiger partial charge in [0.25, 0.3) is 0 Å². The van der Waals surface area contributed by atoms with E-state index in [4.69, 9.17) is 4.74 Å². The van der Waals surface area contributed by atoms with Gasteiger partial charge in [0.05, 0.1) is 12.7 Å². The molecule has 0 spiro atoms. The molecule has 3 heteroatoms. The molecule has 1 aliphatic heterocycles. The van der Waals surface area contributed by atoms with E-state index in [0.29, 0.717) is 17.6 Å². The number of carbonyl (C=O) groups excluding carboxylic acids is 1. The standard InChI is InChI=1S/C15H24O3/c1-9(2)10-6-12(17)11-7-13-15(8-16,18-13)5-4-14(10,11)3/h9-11,13,16H,4-8H2,1-3H3/t10-,11-,13+,14-,15+/m1/s1. The molecule has 5 atom stereocenters. The molecule has 3 rings (SSSR count). The average molecular weight is 252 g/mol. The van der Waals surface area contributed by atoms with Crippen molar-refractivity contribution in [1.29, 1.82) is 0 Å². The number of aliphatic hydroxyl groups is 1. The van der Waals surface area contributed by atoms with E-state index < -0.39 is 0 Å². The Labute approximate surface area is 109 Å². The van der Waals surface area contributed by atoms with Gasteiger partial charge in [0.15, 0.2) is 0 Å². The molecule has 2 saturated carbocycles. The van der Waals surface area contributed by atoms with Gasteiger partial charge in [-0.25, -0.2) is 0 Å². The molecule has 1 saturated heterocycles. The summed E-state index contributed by atoms with van der Waals surface area (Å²) in [7, 11) is 0. The van der Waals surface area contributed by atoms with Crippen LogP contribution in [0.4, 0.5) is 0 Å². The molecule has 102 valence electrons. The van der Waals surface area contributed by atoms with E-state index in [-0.39, 0.29) is 29.6 Å². The topological polar surface area (TPSA) is 49.8 Å². The number of Topliss-reactive ketones (excluding diaryl/α,β-unsaturated/α-hetero) is 1. The molecule has 0 aromatic carbocycles. The molecule has 3 aliphatic rings. The Morgan fingerprint density at radius 3 is 2.78 bits per heavy atom. The number of aliphatic hydroxyl groups excluding tert-OH is 1. The van der Waals surface area contributed by atoms with Crippen LogP contribution in [0.3, 0.4) is 0 Å². The Morgan fingerprint density at radius 1 is 1.44 bits per heavy atom. The van der Waals surface area contributed by atoms with Crippen LogP contribution in [0.1, 0.15) is 46.5 Å². The average Bonchev–Trinajstić information content (AvgIpc) is 2.98. The second-order valence-electron chi connectivity index (χ2n) is 7.14. The van der Waals surface area contributed by atoms with Crippen LogP contribution in [0.5, 0.6) is 0 Å². The lowest BCUT2D eigenvalue weighted by Crippen LogP contribution is -2.33. The Balaban J connectivity index is 1.89. The maximum absolute atomic E-state index is 12.3. The van der Waals surface area contributed by atoms with Crippen molar-refractivity contribution in [2.24, 2.45) is 23.2 Å². The fourth-order valence-electron chi connectivity index (χ4n) is 4.62. The number of hydrogen-bond donors (Lipinski definition) is 1. The van der Waals surface area contributed by atoms with Gasteiger partial charge in [0.1, 0.15) is 11.4 Å². The van der Waals surface area contributed by atoms with Crippen molar-refractivity contribution < 1.29 is 14.6 Å². The molecule has 0 amide bonds. The van der Waals surface area contributed by atoms with E-state index in [2.05, 4.69) is 20.8 Å². The minimum Gasteiger partial charge on any atom is -0.393 e. The number of rotatable bonds is 2. The van der Waals surface area contributed by atoms with E-state index in [1.807, 2.05) is 0 Å². The van der Waals surface area contributed by atoms with Crippen LogP contribution in [-0.2, 0) is 9.53 Å². The van der Waals surface area contributed by atoms with Gasteiger partial charge in [-0.15, -0.1) is 0 Å². The van der Waals surface area contributed by atoms with Crippen molar-refractivity contribution in [2.45, 2.75) is 58.2 Å². The number of fused-ring (bicyclic) bond motifs is 2. The molecule has 2 aliphatic carbocycles. The van der Waals surface area contributed by atoms with Crippen molar-refractivity contribution in [2.75, 3.05) is 6.61 Å². The highest BCUT2D eigenvalue weighted by molar-refractivity contribution is 5.85. The lowest BCUT2D eigenvalue weighted by atomic mass is 9.67. The molecule has 0 aromatic heterocycles. The van der Waals surface area contributed by atoms with Crippen LogP contribution in [0.15, 0.2) is 0 Å². The Hall–Kier alpha value is -0.410. The first-order valence-electron chi connectivity index (χ1n) is 7.24. The second-order valence-corrected chi connectivity index (χ2v) is 7.14. The molecular weight excluding hydrogens is 228 g/mol. The number of ether oxygens (including phenoxy) is 1. The van der Waals surface area contributed by atoms with Crippen LogP contribution in [0, 0.1) is 23.2 Å². The van der Waals surface area contributed by atoms with E-state index >= 15 is 0 Å². The SMILES string of the molecule is CC(C)[C@H]1CC(=O)[C@H]2C[C@@H]3O[C@]3(CO)CC[C@@]21C. The zero-order valence-electron chi connectivity index (χ0n) is 11.6. The summed E-state index contributed by atoms with van der Waals surface area (Å²) in [6.07, 6.45) is 3.64. The second kappa shape index (κ2) is 3.80. The fourth-order valence-corrected chi connectivity index (χ4v) is 4.62. The van der Waals surface area contributed by atoms with E-state index in [1.165, 1.54) is 0 Å². The number of hydrogen-bond acceptors (Lipinski definition) is 3. The molecule has 3 nitrogen and oxygen atoms in total. The van der Waals surface area contributed by atoms with Crippen LogP contribution in [0.2, 0.25) is 0 Å². The smallest absolute Gasteiger partial charge is 0.136 e. The maximum atomic E-state index is 12.3. The zero-order valence-corrected chi connectivity index (χ0v) is 11.6. The molecule has 18 heavy (non-hydrogen) atoms. The number of carbonyl (C=O) groups is 1. The van der Waals surface area contributed by atoms with Crippen molar-refractivity contribution in [3.05, 3.63) is 0 Å². The summed E-state index contributed by atoms with van der Waals surface area (Å²) in [5.74, 6) is 1.65. The van der Waals surface area contributed by atoms with Crippen molar-refractivity contribution in [3.63, 3.8) is 0 Å². The third-order valence-corrected chi connectivity index (χ3v) is 5.97. The molecule has 1 N–H and O–H groups in total. The first-order valence-corrected chi connectivity index (χ1v) is 7.24. The van der Waals surface area contributed by atoms with Gasteiger partial charge < -0.3 is 9.84 Å². The van der Waals surface area contributed by atoms with Crippen LogP contribution < -0.4 is 0 Å². The summed E-state index contributed by atoms with van der Waals surface area (Å²) in [5, 5.41) is 9.50. The minimum absolute atomic E-state index is 0.112. The van der Waals surface area contributed by atoms with Gasteiger partial charge in [-0.3, -0.25) is 4.79 Å². The fraction of sp³-hybridized carbons (Fsp3) is 0.933. The van der Waals surface area contributed by atoms with Gasteiger partial charge in [0, 0.05) is 12.3 Å². The minimum atomic E-state index is -0.296. The summed E-state index contributed by atoms with van der Waals surface area (Å²) in [5.41, 5.74) is -0.167. The van der Waals surface area contributed by atoms with Gasteiger partial charge in [0.2, 0.25) is 0 Å². The molecule has 0 radical (unpaired) electrons. The summed E-state index contributed by atoms with van der Waals surface area (Å²) in [6, 6.07) is 0. The van der Waals surface area contributed by atoms with Crippen LogP contribution >= 0.6 is 0 Å². The van der Waals surface area contributed by atoms with Crippen LogP contribution in [-0.4, -0.2) is 29.2 Å². The quantitative estimate of drug-likeness (QED) is 0.766. The Bertz CT molecular complexity index is 378. The molecule has 1 heterocycles.